The number of likely N-dealkylation sites (tertiary alicyclic amines) is 1. The number of amides is 1. The molecule has 2 aromatic heterocycles. The normalized spacial score (nSPS) is 17.5. The van der Waals surface area contributed by atoms with Gasteiger partial charge in [-0.2, -0.15) is 10.2 Å². The van der Waals surface area contributed by atoms with Gasteiger partial charge in [-0.15, -0.1) is 0 Å². The van der Waals surface area contributed by atoms with Crippen molar-refractivity contribution in [3.8, 4) is 5.75 Å². The molecular formula is C19H21N5O2. The highest BCUT2D eigenvalue weighted by Crippen LogP contribution is 2.33. The Balaban J connectivity index is 1.39. The predicted molar refractivity (Wildman–Crippen MR) is 96.4 cm³/mol. The molecule has 2 aliphatic rings. The molecule has 1 fully saturated rings. The second kappa shape index (κ2) is 5.86. The second-order valence-corrected chi connectivity index (χ2v) is 7.09. The van der Waals surface area contributed by atoms with Crippen molar-refractivity contribution >= 4 is 16.8 Å². The first-order chi connectivity index (χ1) is 12.7. The summed E-state index contributed by atoms with van der Waals surface area (Å²) in [7, 11) is 0. The van der Waals surface area contributed by atoms with E-state index in [9.17, 15) is 4.79 Å². The van der Waals surface area contributed by atoms with E-state index in [4.69, 9.17) is 4.74 Å². The number of para-hydroxylation sites is 1. The lowest BCUT2D eigenvalue weighted by atomic mass is 9.90. The monoisotopic (exact) mass is 351 g/mol. The average molecular weight is 351 g/mol. The first-order valence-corrected chi connectivity index (χ1v) is 9.14. The van der Waals surface area contributed by atoms with Crippen molar-refractivity contribution in [2.45, 2.75) is 32.2 Å². The maximum absolute atomic E-state index is 13.1. The fraction of sp³-hybridized carbons (Fsp3) is 0.421. The molecule has 7 heteroatoms. The number of H-pyrrole nitrogens is 1. The lowest BCUT2D eigenvalue weighted by Crippen LogP contribution is -2.38. The van der Waals surface area contributed by atoms with Crippen LogP contribution in [-0.4, -0.2) is 50.5 Å². The van der Waals surface area contributed by atoms with Crippen molar-refractivity contribution < 1.29 is 9.53 Å². The zero-order valence-corrected chi connectivity index (χ0v) is 14.7. The maximum Gasteiger partial charge on any atom is 0.275 e. The van der Waals surface area contributed by atoms with E-state index in [2.05, 4.69) is 22.2 Å². The van der Waals surface area contributed by atoms with Crippen LogP contribution in [0.15, 0.2) is 24.4 Å². The number of aromatic amines is 1. The van der Waals surface area contributed by atoms with Gasteiger partial charge >= 0.3 is 0 Å². The number of benzene rings is 1. The minimum absolute atomic E-state index is 0.0233. The van der Waals surface area contributed by atoms with Crippen LogP contribution in [0.4, 0.5) is 0 Å². The first kappa shape index (κ1) is 15.4. The largest absolute Gasteiger partial charge is 0.489 e. The van der Waals surface area contributed by atoms with Crippen LogP contribution in [0.3, 0.4) is 0 Å². The quantitative estimate of drug-likeness (QED) is 0.770. The van der Waals surface area contributed by atoms with E-state index in [1.807, 2.05) is 34.0 Å². The van der Waals surface area contributed by atoms with Gasteiger partial charge in [0, 0.05) is 24.2 Å². The van der Waals surface area contributed by atoms with E-state index in [1.165, 1.54) is 5.56 Å². The molecule has 7 nitrogen and oxygen atoms in total. The van der Waals surface area contributed by atoms with E-state index in [-0.39, 0.29) is 5.91 Å². The fourth-order valence-corrected chi connectivity index (χ4v) is 4.20. The highest BCUT2D eigenvalue weighted by molar-refractivity contribution is 6.06. The molecule has 0 aliphatic carbocycles. The van der Waals surface area contributed by atoms with Gasteiger partial charge in [0.05, 0.1) is 12.7 Å². The molecule has 1 N–H and O–H groups in total. The summed E-state index contributed by atoms with van der Waals surface area (Å²) in [6.45, 7) is 4.83. The number of hydrogen-bond donors (Lipinski definition) is 1. The topological polar surface area (TPSA) is 76.0 Å². The fourth-order valence-electron chi connectivity index (χ4n) is 4.20. The Labute approximate surface area is 150 Å². The summed E-state index contributed by atoms with van der Waals surface area (Å²) < 4.78 is 7.61. The number of ether oxygens (including phenoxy) is 1. The number of nitrogens with zero attached hydrogens (tertiary/aromatic N) is 4. The van der Waals surface area contributed by atoms with Crippen molar-refractivity contribution in [1.29, 1.82) is 0 Å². The molecule has 134 valence electrons. The van der Waals surface area contributed by atoms with Crippen molar-refractivity contribution in [2.75, 3.05) is 19.7 Å². The van der Waals surface area contributed by atoms with Crippen LogP contribution in [0.25, 0.3) is 10.9 Å². The summed E-state index contributed by atoms with van der Waals surface area (Å²) >= 11 is 0. The molecule has 3 aromatic rings. The third-order valence-corrected chi connectivity index (χ3v) is 5.59. The van der Waals surface area contributed by atoms with Crippen molar-refractivity contribution in [1.82, 2.24) is 24.9 Å². The molecule has 1 aromatic carbocycles. The lowest BCUT2D eigenvalue weighted by molar-refractivity contribution is 0.0707. The number of carbonyl (C=O) groups is 1. The van der Waals surface area contributed by atoms with Crippen LogP contribution in [0.1, 0.15) is 40.5 Å². The third-order valence-electron chi connectivity index (χ3n) is 5.59. The van der Waals surface area contributed by atoms with Gasteiger partial charge in [0.25, 0.3) is 5.91 Å². The molecular weight excluding hydrogens is 330 g/mol. The zero-order chi connectivity index (χ0) is 17.7. The minimum atomic E-state index is 0.0233. The Morgan fingerprint density at radius 2 is 2.12 bits per heavy atom. The van der Waals surface area contributed by atoms with Crippen LogP contribution in [0.2, 0.25) is 0 Å². The number of aromatic nitrogens is 4. The molecule has 0 saturated carbocycles. The summed E-state index contributed by atoms with van der Waals surface area (Å²) in [5.41, 5.74) is 3.89. The Bertz CT molecular complexity index is 981. The molecule has 0 radical (unpaired) electrons. The first-order valence-electron chi connectivity index (χ1n) is 9.14. The Hall–Kier alpha value is -2.83. The highest BCUT2D eigenvalue weighted by atomic mass is 16.5. The Morgan fingerprint density at radius 1 is 1.27 bits per heavy atom. The number of hydrogen-bond acceptors (Lipinski definition) is 4. The molecule has 1 saturated heterocycles. The standard InChI is InChI=1S/C19H21N5O2/c1-12-15(11-20-21-12)13-5-7-23(8-6-13)19(25)17-14-3-2-4-16-18(14)24(22-17)9-10-26-16/h2-4,11,13H,5-10H2,1H3,(H,20,21). The Morgan fingerprint density at radius 3 is 2.88 bits per heavy atom. The van der Waals surface area contributed by atoms with Crippen LogP contribution >= 0.6 is 0 Å². The molecule has 26 heavy (non-hydrogen) atoms. The van der Waals surface area contributed by atoms with Crippen molar-refractivity contribution in [3.05, 3.63) is 41.3 Å². The minimum Gasteiger partial charge on any atom is -0.489 e. The second-order valence-electron chi connectivity index (χ2n) is 7.09. The lowest BCUT2D eigenvalue weighted by Gasteiger charge is -2.31. The van der Waals surface area contributed by atoms with E-state index < -0.39 is 0 Å². The van der Waals surface area contributed by atoms with Gasteiger partial charge < -0.3 is 9.64 Å². The molecule has 5 rings (SSSR count). The van der Waals surface area contributed by atoms with Crippen LogP contribution in [0, 0.1) is 6.92 Å². The van der Waals surface area contributed by atoms with Crippen molar-refractivity contribution in [2.24, 2.45) is 0 Å². The predicted octanol–water partition coefficient (Wildman–Crippen LogP) is 2.48. The molecule has 2 aliphatic heterocycles. The summed E-state index contributed by atoms with van der Waals surface area (Å²) in [5.74, 6) is 1.30. The number of carbonyl (C=O) groups excluding carboxylic acids is 1. The van der Waals surface area contributed by atoms with Crippen LogP contribution < -0.4 is 4.74 Å². The van der Waals surface area contributed by atoms with E-state index in [0.29, 0.717) is 24.8 Å². The van der Waals surface area contributed by atoms with Gasteiger partial charge in [-0.1, -0.05) is 12.1 Å². The van der Waals surface area contributed by atoms with Gasteiger partial charge in [-0.3, -0.25) is 14.6 Å². The SMILES string of the molecule is Cc1[nH]ncc1C1CCN(C(=O)c2nn3c4c(cccc24)OCC3)CC1. The van der Waals surface area contributed by atoms with Gasteiger partial charge in [0.2, 0.25) is 0 Å². The molecule has 0 atom stereocenters. The molecule has 0 bridgehead atoms. The van der Waals surface area contributed by atoms with Crippen LogP contribution in [0.5, 0.6) is 5.75 Å². The van der Waals surface area contributed by atoms with E-state index >= 15 is 0 Å². The van der Waals surface area contributed by atoms with Gasteiger partial charge in [0.1, 0.15) is 17.9 Å². The van der Waals surface area contributed by atoms with Gasteiger partial charge in [-0.25, -0.2) is 0 Å². The third kappa shape index (κ3) is 2.30. The number of piperidine rings is 1. The van der Waals surface area contributed by atoms with Crippen LogP contribution in [-0.2, 0) is 6.54 Å². The van der Waals surface area contributed by atoms with E-state index in [0.717, 1.165) is 48.3 Å². The van der Waals surface area contributed by atoms with Crippen molar-refractivity contribution in [3.63, 3.8) is 0 Å². The number of rotatable bonds is 2. The summed E-state index contributed by atoms with van der Waals surface area (Å²) in [6, 6.07) is 5.83. The number of nitrogens with one attached hydrogen (secondary N) is 1. The maximum atomic E-state index is 13.1. The summed E-state index contributed by atoms with van der Waals surface area (Å²) in [5, 5.41) is 12.6. The zero-order valence-electron chi connectivity index (χ0n) is 14.7. The van der Waals surface area contributed by atoms with Gasteiger partial charge in [-0.05, 0) is 37.3 Å². The molecule has 1 amide bonds. The molecule has 0 unspecified atom stereocenters. The molecule has 0 spiro atoms. The average Bonchev–Trinajstić information content (AvgIpc) is 3.27. The Kier molecular flexibility index (Phi) is 3.48. The summed E-state index contributed by atoms with van der Waals surface area (Å²) in [4.78, 5) is 15.1. The van der Waals surface area contributed by atoms with Gasteiger partial charge in [0.15, 0.2) is 5.69 Å². The smallest absolute Gasteiger partial charge is 0.275 e. The van der Waals surface area contributed by atoms with E-state index in [1.54, 1.807) is 0 Å². The summed E-state index contributed by atoms with van der Waals surface area (Å²) in [6.07, 6.45) is 3.84. The number of aryl methyl sites for hydroxylation is 1. The molecule has 4 heterocycles. The highest BCUT2D eigenvalue weighted by Gasteiger charge is 2.29.